The minimum atomic E-state index is 0.658. The molecule has 1 N–H and O–H groups in total. The normalized spacial score (nSPS) is 19.0. The number of benzene rings is 2. The summed E-state index contributed by atoms with van der Waals surface area (Å²) < 4.78 is 11.0. The van der Waals surface area contributed by atoms with Crippen LogP contribution in [0.2, 0.25) is 0 Å². The molecule has 0 atom stereocenters. The molecule has 0 unspecified atom stereocenters. The molecule has 2 aliphatic rings. The highest BCUT2D eigenvalue weighted by molar-refractivity contribution is 5.91. The number of nitrogens with zero attached hydrogens (tertiary/aromatic N) is 2. The van der Waals surface area contributed by atoms with Gasteiger partial charge in [-0.25, -0.2) is 0 Å². The average Bonchev–Trinajstić information content (AvgIpc) is 3.24. The number of aryl methyl sites for hydroxylation is 1. The number of methoxy groups -OCH3 is 2. The summed E-state index contributed by atoms with van der Waals surface area (Å²) in [5.74, 6) is 2.17. The van der Waals surface area contributed by atoms with Crippen LogP contribution >= 0.6 is 0 Å². The van der Waals surface area contributed by atoms with E-state index >= 15 is 0 Å². The third kappa shape index (κ3) is 4.81. The van der Waals surface area contributed by atoms with E-state index in [2.05, 4.69) is 65.9 Å². The van der Waals surface area contributed by atoms with E-state index < -0.39 is 0 Å². The first-order valence-electron chi connectivity index (χ1n) is 13.3. The van der Waals surface area contributed by atoms with Gasteiger partial charge in [0, 0.05) is 34.2 Å². The maximum atomic E-state index is 5.53. The lowest BCUT2D eigenvalue weighted by Crippen LogP contribution is -2.48. The number of piperidine rings is 2. The molecule has 0 bridgehead atoms. The van der Waals surface area contributed by atoms with E-state index in [1.54, 1.807) is 14.2 Å². The molecule has 188 valence electrons. The van der Waals surface area contributed by atoms with Crippen LogP contribution in [0.3, 0.4) is 0 Å². The standard InChI is InChI=1S/C30H41N3O2/c1-20(2)32-16-12-25(13-17-32)33-14-10-22(11-15-33)23-6-8-27-26(18-23)21(3)30(31-27)24-7-9-28(34-4)29(19-24)35-5/h6-9,18-20,22,25,31H,10-17H2,1-5H3. The topological polar surface area (TPSA) is 40.7 Å². The van der Waals surface area contributed by atoms with Crippen LogP contribution in [0.4, 0.5) is 0 Å². The van der Waals surface area contributed by atoms with Gasteiger partial charge >= 0.3 is 0 Å². The Balaban J connectivity index is 1.29. The Morgan fingerprint density at radius 1 is 0.857 bits per heavy atom. The zero-order chi connectivity index (χ0) is 24.5. The summed E-state index contributed by atoms with van der Waals surface area (Å²) in [6, 6.07) is 14.6. The molecule has 0 aliphatic carbocycles. The predicted octanol–water partition coefficient (Wildman–Crippen LogP) is 6.21. The van der Waals surface area contributed by atoms with E-state index in [-0.39, 0.29) is 0 Å². The molecule has 2 fully saturated rings. The van der Waals surface area contributed by atoms with Crippen LogP contribution in [0.1, 0.15) is 56.6 Å². The van der Waals surface area contributed by atoms with Crippen molar-refractivity contribution in [1.29, 1.82) is 0 Å². The number of rotatable bonds is 6. The van der Waals surface area contributed by atoms with Crippen molar-refractivity contribution in [1.82, 2.24) is 14.8 Å². The molecule has 2 saturated heterocycles. The number of hydrogen-bond acceptors (Lipinski definition) is 4. The minimum Gasteiger partial charge on any atom is -0.493 e. The molecule has 5 heteroatoms. The SMILES string of the molecule is COc1ccc(-c2[nH]c3ccc(C4CCN(C5CCN(C(C)C)CC5)CC4)cc3c2C)cc1OC. The molecular formula is C30H41N3O2. The van der Waals surface area contributed by atoms with Gasteiger partial charge in [0.15, 0.2) is 11.5 Å². The van der Waals surface area contributed by atoms with Crippen LogP contribution in [0.5, 0.6) is 11.5 Å². The Hall–Kier alpha value is -2.50. The summed E-state index contributed by atoms with van der Waals surface area (Å²) in [5.41, 5.74) is 6.26. The molecule has 2 aromatic carbocycles. The highest BCUT2D eigenvalue weighted by Gasteiger charge is 2.29. The number of nitrogens with one attached hydrogen (secondary N) is 1. The minimum absolute atomic E-state index is 0.658. The summed E-state index contributed by atoms with van der Waals surface area (Å²) in [4.78, 5) is 9.07. The highest BCUT2D eigenvalue weighted by Crippen LogP contribution is 2.38. The average molecular weight is 476 g/mol. The molecule has 3 aromatic rings. The molecule has 5 nitrogen and oxygen atoms in total. The Bertz CT molecular complexity index is 1150. The van der Waals surface area contributed by atoms with Crippen LogP contribution in [-0.2, 0) is 0 Å². The number of likely N-dealkylation sites (tertiary alicyclic amines) is 2. The van der Waals surface area contributed by atoms with Crippen LogP contribution < -0.4 is 9.47 Å². The van der Waals surface area contributed by atoms with E-state index in [1.165, 1.54) is 73.9 Å². The maximum Gasteiger partial charge on any atom is 0.161 e. The van der Waals surface area contributed by atoms with Crippen LogP contribution in [0.25, 0.3) is 22.2 Å². The Morgan fingerprint density at radius 2 is 1.57 bits per heavy atom. The second kappa shape index (κ2) is 10.2. The molecule has 0 amide bonds. The summed E-state index contributed by atoms with van der Waals surface area (Å²) >= 11 is 0. The molecular weight excluding hydrogens is 434 g/mol. The number of hydrogen-bond donors (Lipinski definition) is 1. The van der Waals surface area contributed by atoms with E-state index in [0.29, 0.717) is 12.0 Å². The second-order valence-electron chi connectivity index (χ2n) is 10.7. The van der Waals surface area contributed by atoms with Crippen molar-refractivity contribution in [2.24, 2.45) is 0 Å². The van der Waals surface area contributed by atoms with Crippen molar-refractivity contribution >= 4 is 10.9 Å². The van der Waals surface area contributed by atoms with E-state index in [4.69, 9.17) is 9.47 Å². The van der Waals surface area contributed by atoms with Crippen molar-refractivity contribution in [3.8, 4) is 22.8 Å². The van der Waals surface area contributed by atoms with Gasteiger partial charge in [0.2, 0.25) is 0 Å². The first-order chi connectivity index (χ1) is 17.0. The predicted molar refractivity (Wildman–Crippen MR) is 145 cm³/mol. The first-order valence-corrected chi connectivity index (χ1v) is 13.3. The quantitative estimate of drug-likeness (QED) is 0.460. The van der Waals surface area contributed by atoms with Gasteiger partial charge in [-0.1, -0.05) is 6.07 Å². The molecule has 2 aliphatic heterocycles. The van der Waals surface area contributed by atoms with Crippen LogP contribution in [0.15, 0.2) is 36.4 Å². The fraction of sp³-hybridized carbons (Fsp3) is 0.533. The number of ether oxygens (including phenoxy) is 2. The van der Waals surface area contributed by atoms with Gasteiger partial charge in [-0.2, -0.15) is 0 Å². The van der Waals surface area contributed by atoms with Gasteiger partial charge < -0.3 is 24.3 Å². The van der Waals surface area contributed by atoms with Gasteiger partial charge in [-0.3, -0.25) is 0 Å². The zero-order valence-electron chi connectivity index (χ0n) is 22.1. The van der Waals surface area contributed by atoms with Crippen molar-refractivity contribution in [3.05, 3.63) is 47.5 Å². The third-order valence-electron chi connectivity index (χ3n) is 8.50. The molecule has 0 radical (unpaired) electrons. The number of aromatic nitrogens is 1. The largest absolute Gasteiger partial charge is 0.493 e. The van der Waals surface area contributed by atoms with Crippen molar-refractivity contribution in [3.63, 3.8) is 0 Å². The van der Waals surface area contributed by atoms with Gasteiger partial charge in [0.1, 0.15) is 0 Å². The monoisotopic (exact) mass is 475 g/mol. The lowest BCUT2D eigenvalue weighted by molar-refractivity contribution is 0.0753. The van der Waals surface area contributed by atoms with Crippen molar-refractivity contribution in [2.45, 2.75) is 64.5 Å². The second-order valence-corrected chi connectivity index (χ2v) is 10.7. The fourth-order valence-corrected chi connectivity index (χ4v) is 6.24. The van der Waals surface area contributed by atoms with Crippen molar-refractivity contribution < 1.29 is 9.47 Å². The summed E-state index contributed by atoms with van der Waals surface area (Å²) in [6.45, 7) is 11.9. The Morgan fingerprint density at radius 3 is 2.23 bits per heavy atom. The van der Waals surface area contributed by atoms with Crippen LogP contribution in [0, 0.1) is 6.92 Å². The number of H-pyrrole nitrogens is 1. The van der Waals surface area contributed by atoms with E-state index in [1.807, 2.05) is 6.07 Å². The summed E-state index contributed by atoms with van der Waals surface area (Å²) in [6.07, 6.45) is 5.19. The smallest absolute Gasteiger partial charge is 0.161 e. The van der Waals surface area contributed by atoms with Gasteiger partial charge in [0.25, 0.3) is 0 Å². The van der Waals surface area contributed by atoms with Gasteiger partial charge in [0.05, 0.1) is 14.2 Å². The number of fused-ring (bicyclic) bond motifs is 1. The first kappa shape index (κ1) is 24.2. The molecule has 35 heavy (non-hydrogen) atoms. The van der Waals surface area contributed by atoms with Crippen LogP contribution in [-0.4, -0.2) is 67.3 Å². The lowest BCUT2D eigenvalue weighted by atomic mass is 9.87. The molecule has 1 aromatic heterocycles. The van der Waals surface area contributed by atoms with Gasteiger partial charge in [-0.15, -0.1) is 0 Å². The van der Waals surface area contributed by atoms with Gasteiger partial charge in [-0.05, 0) is 120 Å². The van der Waals surface area contributed by atoms with Crippen molar-refractivity contribution in [2.75, 3.05) is 40.4 Å². The molecule has 5 rings (SSSR count). The lowest BCUT2D eigenvalue weighted by Gasteiger charge is -2.42. The molecule has 0 saturated carbocycles. The maximum absolute atomic E-state index is 5.53. The van der Waals surface area contributed by atoms with E-state index in [0.717, 1.165) is 28.8 Å². The van der Waals surface area contributed by atoms with E-state index in [9.17, 15) is 0 Å². The zero-order valence-corrected chi connectivity index (χ0v) is 22.1. The number of aromatic amines is 1. The molecule has 0 spiro atoms. The third-order valence-corrected chi connectivity index (χ3v) is 8.50. The fourth-order valence-electron chi connectivity index (χ4n) is 6.24. The summed E-state index contributed by atoms with van der Waals surface area (Å²) in [7, 11) is 3.36. The molecule has 3 heterocycles. The Labute approximate surface area is 210 Å². The highest BCUT2D eigenvalue weighted by atomic mass is 16.5. The summed E-state index contributed by atoms with van der Waals surface area (Å²) in [5, 5.41) is 1.33. The Kier molecular flexibility index (Phi) is 7.08.